The first-order valence-corrected chi connectivity index (χ1v) is 23.4. The van der Waals surface area contributed by atoms with Crippen LogP contribution < -0.4 is 0 Å². The smallest absolute Gasteiger partial charge is 0.0979 e. The molecule has 5 heteroatoms. The number of hydrogen-bond donors (Lipinski definition) is 0. The zero-order valence-electron chi connectivity index (χ0n) is 33.9. The second-order valence-electron chi connectivity index (χ2n) is 16.0. The van der Waals surface area contributed by atoms with E-state index in [2.05, 4.69) is 63.5 Å². The van der Waals surface area contributed by atoms with Crippen LogP contribution in [0.2, 0.25) is 0 Å². The van der Waals surface area contributed by atoms with Crippen molar-refractivity contribution in [1.82, 2.24) is 14.5 Å². The quantitative estimate of drug-likeness (QED) is 0.0502. The number of aryl methyl sites for hydroxylation is 5. The normalized spacial score (nSPS) is 12.0. The van der Waals surface area contributed by atoms with Crippen LogP contribution in [0.4, 0.5) is 0 Å². The lowest BCUT2D eigenvalue weighted by Gasteiger charge is -2.11. The number of fused-ring (bicyclic) bond motifs is 4. The highest BCUT2D eigenvalue weighted by atomic mass is 32.1. The third-order valence-corrected chi connectivity index (χ3v) is 13.8. The Balaban J connectivity index is 1.09. The van der Waals surface area contributed by atoms with Crippen LogP contribution >= 0.6 is 22.7 Å². The number of benzene rings is 1. The molecule has 0 aliphatic rings. The molecule has 286 valence electrons. The first kappa shape index (κ1) is 40.9. The number of rotatable bonds is 27. The summed E-state index contributed by atoms with van der Waals surface area (Å²) in [6.07, 6.45) is 34.4. The summed E-state index contributed by atoms with van der Waals surface area (Å²) in [5.41, 5.74) is 9.77. The highest BCUT2D eigenvalue weighted by Gasteiger charge is 2.20. The molecule has 5 rings (SSSR count). The van der Waals surface area contributed by atoms with E-state index in [0.717, 1.165) is 29.7 Å². The molecule has 0 bridgehead atoms. The Bertz CT molecular complexity index is 1770. The standard InChI is InChI=1S/C47H71N3S2/c1-6-8-10-12-14-15-16-17-18-19-20-21-22-23-24-25-26-28-30-40-38(5)48-45-39(32-31-36(3)44(45)49-40)43-35-42-47(52-43)46-41(34-37(4)51-46)50(42)33-29-27-13-11-9-7-2/h31-32,34-35H,6-30,33H2,1-5H3. The molecule has 0 aliphatic carbocycles. The van der Waals surface area contributed by atoms with Gasteiger partial charge in [0.15, 0.2) is 0 Å². The lowest BCUT2D eigenvalue weighted by Crippen LogP contribution is -2.01. The molecule has 0 atom stereocenters. The summed E-state index contributed by atoms with van der Waals surface area (Å²) in [5.74, 6) is 0. The van der Waals surface area contributed by atoms with Crippen molar-refractivity contribution in [3.05, 3.63) is 46.1 Å². The van der Waals surface area contributed by atoms with Gasteiger partial charge in [-0.3, -0.25) is 0 Å². The average molecular weight is 742 g/mol. The van der Waals surface area contributed by atoms with E-state index in [9.17, 15) is 0 Å². The molecule has 4 heterocycles. The fourth-order valence-electron chi connectivity index (χ4n) is 8.17. The van der Waals surface area contributed by atoms with Gasteiger partial charge >= 0.3 is 0 Å². The van der Waals surface area contributed by atoms with Gasteiger partial charge in [0.25, 0.3) is 0 Å². The van der Waals surface area contributed by atoms with Crippen LogP contribution in [0.15, 0.2) is 24.3 Å². The van der Waals surface area contributed by atoms with E-state index < -0.39 is 0 Å². The zero-order chi connectivity index (χ0) is 36.5. The second kappa shape index (κ2) is 22.2. The average Bonchev–Trinajstić information content (AvgIpc) is 3.81. The highest BCUT2D eigenvalue weighted by Crippen LogP contribution is 2.44. The maximum Gasteiger partial charge on any atom is 0.0979 e. The molecule has 0 saturated carbocycles. The van der Waals surface area contributed by atoms with Crippen LogP contribution in [0.3, 0.4) is 0 Å². The zero-order valence-corrected chi connectivity index (χ0v) is 35.5. The van der Waals surface area contributed by atoms with Crippen molar-refractivity contribution in [3.63, 3.8) is 0 Å². The number of nitrogens with zero attached hydrogens (tertiary/aromatic N) is 3. The van der Waals surface area contributed by atoms with Crippen LogP contribution in [0.1, 0.15) is 190 Å². The van der Waals surface area contributed by atoms with Crippen LogP contribution in [0.5, 0.6) is 0 Å². The predicted octanol–water partition coefficient (Wildman–Crippen LogP) is 16.4. The van der Waals surface area contributed by atoms with Crippen molar-refractivity contribution in [2.75, 3.05) is 0 Å². The molecule has 0 unspecified atom stereocenters. The van der Waals surface area contributed by atoms with Gasteiger partial charge in [-0.2, -0.15) is 0 Å². The van der Waals surface area contributed by atoms with Gasteiger partial charge in [-0.15, -0.1) is 22.7 Å². The summed E-state index contributed by atoms with van der Waals surface area (Å²) in [7, 11) is 0. The van der Waals surface area contributed by atoms with Gasteiger partial charge < -0.3 is 4.57 Å². The second-order valence-corrected chi connectivity index (χ2v) is 18.3. The molecule has 52 heavy (non-hydrogen) atoms. The van der Waals surface area contributed by atoms with Gasteiger partial charge in [0.05, 0.1) is 42.9 Å². The molecule has 1 aromatic carbocycles. The minimum atomic E-state index is 1.04. The minimum absolute atomic E-state index is 1.04. The maximum absolute atomic E-state index is 5.30. The van der Waals surface area contributed by atoms with E-state index in [4.69, 9.17) is 9.97 Å². The van der Waals surface area contributed by atoms with E-state index in [1.54, 1.807) is 0 Å². The Morgan fingerprint density at radius 3 is 1.60 bits per heavy atom. The summed E-state index contributed by atoms with van der Waals surface area (Å²) in [6.45, 7) is 12.3. The Morgan fingerprint density at radius 1 is 0.519 bits per heavy atom. The Labute approximate surface area is 325 Å². The molecule has 0 aliphatic heterocycles. The third-order valence-electron chi connectivity index (χ3n) is 11.4. The minimum Gasteiger partial charge on any atom is -0.339 e. The first-order chi connectivity index (χ1) is 25.5. The predicted molar refractivity (Wildman–Crippen MR) is 234 cm³/mol. The van der Waals surface area contributed by atoms with Crippen LogP contribution in [0, 0.1) is 20.8 Å². The molecule has 3 nitrogen and oxygen atoms in total. The van der Waals surface area contributed by atoms with E-state index >= 15 is 0 Å². The van der Waals surface area contributed by atoms with E-state index in [0.29, 0.717) is 0 Å². The monoisotopic (exact) mass is 742 g/mol. The summed E-state index contributed by atoms with van der Waals surface area (Å²) < 4.78 is 5.51. The van der Waals surface area contributed by atoms with Crippen LogP contribution in [-0.4, -0.2) is 14.5 Å². The SMILES string of the molecule is CCCCCCCCCCCCCCCCCCCCc1nc2c(C)ccc(-c3cc4c(s3)c3sc(C)cc3n4CCCCCCCC)c2nc1C. The lowest BCUT2D eigenvalue weighted by molar-refractivity contribution is 0.525. The Morgan fingerprint density at radius 2 is 1.02 bits per heavy atom. The van der Waals surface area contributed by atoms with Gasteiger partial charge in [0.2, 0.25) is 0 Å². The van der Waals surface area contributed by atoms with Crippen molar-refractivity contribution in [3.8, 4) is 10.4 Å². The molecule has 0 fully saturated rings. The molecule has 0 N–H and O–H groups in total. The summed E-state index contributed by atoms with van der Waals surface area (Å²) in [4.78, 5) is 13.3. The topological polar surface area (TPSA) is 30.7 Å². The van der Waals surface area contributed by atoms with E-state index in [1.807, 2.05) is 22.7 Å². The largest absolute Gasteiger partial charge is 0.339 e. The highest BCUT2D eigenvalue weighted by molar-refractivity contribution is 7.29. The van der Waals surface area contributed by atoms with E-state index in [1.165, 1.54) is 201 Å². The molecule has 5 aromatic rings. The van der Waals surface area contributed by atoms with Gasteiger partial charge in [0.1, 0.15) is 0 Å². The molecule has 0 radical (unpaired) electrons. The number of aromatic nitrogens is 3. The van der Waals surface area contributed by atoms with Crippen LogP contribution in [0.25, 0.3) is 41.9 Å². The van der Waals surface area contributed by atoms with E-state index in [-0.39, 0.29) is 0 Å². The number of hydrogen-bond acceptors (Lipinski definition) is 4. The molecule has 0 saturated heterocycles. The first-order valence-electron chi connectivity index (χ1n) is 21.8. The van der Waals surface area contributed by atoms with Gasteiger partial charge in [-0.1, -0.05) is 167 Å². The fourth-order valence-corrected chi connectivity index (χ4v) is 10.5. The van der Waals surface area contributed by atoms with Gasteiger partial charge in [-0.05, 0) is 57.7 Å². The maximum atomic E-state index is 5.30. The fraction of sp³-hybridized carbons (Fsp3) is 0.660. The van der Waals surface area contributed by atoms with Crippen molar-refractivity contribution < 1.29 is 0 Å². The van der Waals surface area contributed by atoms with Crippen molar-refractivity contribution in [1.29, 1.82) is 0 Å². The molecule has 4 aromatic heterocycles. The van der Waals surface area contributed by atoms with Crippen molar-refractivity contribution >= 4 is 54.1 Å². The molecule has 0 amide bonds. The van der Waals surface area contributed by atoms with Gasteiger partial charge in [0, 0.05) is 21.9 Å². The molecular weight excluding hydrogens is 671 g/mol. The third kappa shape index (κ3) is 11.6. The summed E-state index contributed by atoms with van der Waals surface area (Å²) in [6, 6.07) is 9.41. The Kier molecular flexibility index (Phi) is 17.5. The number of unbranched alkanes of at least 4 members (excludes halogenated alkanes) is 22. The molecular formula is C47H71N3S2. The lowest BCUT2D eigenvalue weighted by atomic mass is 10.0. The van der Waals surface area contributed by atoms with Crippen molar-refractivity contribution in [2.24, 2.45) is 0 Å². The number of thiophene rings is 2. The summed E-state index contributed by atoms with van der Waals surface area (Å²) in [5, 5.41) is 0. The van der Waals surface area contributed by atoms with Crippen LogP contribution in [-0.2, 0) is 13.0 Å². The summed E-state index contributed by atoms with van der Waals surface area (Å²) >= 11 is 3.91. The van der Waals surface area contributed by atoms with Crippen molar-refractivity contribution in [2.45, 2.75) is 202 Å². The van der Waals surface area contributed by atoms with Gasteiger partial charge in [-0.25, -0.2) is 9.97 Å². The Hall–Kier alpha value is -2.24. The molecule has 0 spiro atoms.